The molecule has 0 fully saturated rings. The Kier molecular flexibility index (Phi) is 5.14. The van der Waals surface area contributed by atoms with Gasteiger partial charge < -0.3 is 9.15 Å². The SMILES string of the molecule is O=C1OC(c2cc(F)c(F)cc2Cl)=N/C1=C\c1ccc(-c2cccc(C(F)(F)F)c2)o1. The molecule has 0 aliphatic carbocycles. The number of cyclic esters (lactones) is 1. The number of nitrogens with zero attached hydrogens (tertiary/aromatic N) is 1. The van der Waals surface area contributed by atoms with Crippen molar-refractivity contribution < 1.29 is 35.9 Å². The Morgan fingerprint density at radius 1 is 1.00 bits per heavy atom. The summed E-state index contributed by atoms with van der Waals surface area (Å²) in [5.41, 5.74) is -0.994. The van der Waals surface area contributed by atoms with Gasteiger partial charge in [0.15, 0.2) is 17.3 Å². The quantitative estimate of drug-likeness (QED) is 0.204. The van der Waals surface area contributed by atoms with Gasteiger partial charge in [-0.05, 0) is 36.4 Å². The van der Waals surface area contributed by atoms with Gasteiger partial charge >= 0.3 is 12.1 Å². The van der Waals surface area contributed by atoms with E-state index in [1.165, 1.54) is 30.3 Å². The monoisotopic (exact) mass is 453 g/mol. The lowest BCUT2D eigenvalue weighted by Crippen LogP contribution is -2.07. The molecule has 4 rings (SSSR count). The first-order valence-electron chi connectivity index (χ1n) is 8.57. The van der Waals surface area contributed by atoms with Crippen molar-refractivity contribution in [3.8, 4) is 11.3 Å². The van der Waals surface area contributed by atoms with Crippen molar-refractivity contribution in [1.29, 1.82) is 0 Å². The molecule has 1 aliphatic rings. The summed E-state index contributed by atoms with van der Waals surface area (Å²) >= 11 is 5.86. The van der Waals surface area contributed by atoms with Crippen molar-refractivity contribution in [3.63, 3.8) is 0 Å². The Labute approximate surface area is 176 Å². The van der Waals surface area contributed by atoms with Gasteiger partial charge in [0.1, 0.15) is 11.5 Å². The van der Waals surface area contributed by atoms with Crippen molar-refractivity contribution in [1.82, 2.24) is 0 Å². The molecule has 2 aromatic carbocycles. The number of esters is 1. The fraction of sp³-hybridized carbons (Fsp3) is 0.0476. The fourth-order valence-electron chi connectivity index (χ4n) is 2.78. The average Bonchev–Trinajstić information content (AvgIpc) is 3.31. The summed E-state index contributed by atoms with van der Waals surface area (Å²) in [6, 6.07) is 8.87. The summed E-state index contributed by atoms with van der Waals surface area (Å²) in [5.74, 6) is -3.35. The Balaban J connectivity index is 1.64. The number of aliphatic imine (C=N–C) groups is 1. The van der Waals surface area contributed by atoms with Gasteiger partial charge in [0.05, 0.1) is 16.1 Å². The topological polar surface area (TPSA) is 51.8 Å². The lowest BCUT2D eigenvalue weighted by molar-refractivity contribution is -0.137. The van der Waals surface area contributed by atoms with E-state index in [4.69, 9.17) is 20.8 Å². The Morgan fingerprint density at radius 2 is 1.74 bits per heavy atom. The molecule has 0 atom stereocenters. The molecule has 0 saturated carbocycles. The van der Waals surface area contributed by atoms with Gasteiger partial charge in [-0.15, -0.1) is 0 Å². The minimum Gasteiger partial charge on any atom is -0.457 e. The molecule has 0 spiro atoms. The molecular weight excluding hydrogens is 445 g/mol. The van der Waals surface area contributed by atoms with Crippen LogP contribution in [0.15, 0.2) is 63.6 Å². The minimum atomic E-state index is -4.51. The molecule has 0 saturated heterocycles. The van der Waals surface area contributed by atoms with Gasteiger partial charge in [-0.2, -0.15) is 13.2 Å². The standard InChI is InChI=1S/C21H9ClF5NO3/c22-14-9-16(24)15(23)8-13(14)19-28-17(20(29)31-19)7-12-4-5-18(30-12)10-2-1-3-11(6-10)21(25,26)27/h1-9H/b17-7-. The van der Waals surface area contributed by atoms with Crippen LogP contribution in [0.3, 0.4) is 0 Å². The van der Waals surface area contributed by atoms with Crippen LogP contribution in [0, 0.1) is 11.6 Å². The number of furan rings is 1. The molecule has 2 heterocycles. The van der Waals surface area contributed by atoms with E-state index < -0.39 is 29.3 Å². The van der Waals surface area contributed by atoms with Crippen LogP contribution < -0.4 is 0 Å². The molecule has 10 heteroatoms. The van der Waals surface area contributed by atoms with Crippen molar-refractivity contribution in [2.24, 2.45) is 4.99 Å². The van der Waals surface area contributed by atoms with Gasteiger partial charge in [0.2, 0.25) is 5.90 Å². The summed E-state index contributed by atoms with van der Waals surface area (Å²) in [4.78, 5) is 16.0. The maximum Gasteiger partial charge on any atom is 0.416 e. The van der Waals surface area contributed by atoms with Crippen molar-refractivity contribution in [2.45, 2.75) is 6.18 Å². The molecule has 4 nitrogen and oxygen atoms in total. The highest BCUT2D eigenvalue weighted by atomic mass is 35.5. The van der Waals surface area contributed by atoms with Crippen LogP contribution in [-0.4, -0.2) is 11.9 Å². The van der Waals surface area contributed by atoms with E-state index >= 15 is 0 Å². The van der Waals surface area contributed by atoms with Gasteiger partial charge in [-0.25, -0.2) is 18.6 Å². The van der Waals surface area contributed by atoms with E-state index in [1.54, 1.807) is 0 Å². The Hall–Kier alpha value is -3.46. The fourth-order valence-corrected chi connectivity index (χ4v) is 3.01. The van der Waals surface area contributed by atoms with Crippen molar-refractivity contribution in [2.75, 3.05) is 0 Å². The first-order valence-corrected chi connectivity index (χ1v) is 8.94. The molecule has 31 heavy (non-hydrogen) atoms. The summed E-state index contributed by atoms with van der Waals surface area (Å²) in [6.45, 7) is 0. The predicted octanol–water partition coefficient (Wildman–Crippen LogP) is 6.24. The predicted molar refractivity (Wildman–Crippen MR) is 101 cm³/mol. The number of rotatable bonds is 3. The third kappa shape index (κ3) is 4.22. The zero-order chi connectivity index (χ0) is 22.3. The third-order valence-corrected chi connectivity index (χ3v) is 4.55. The summed E-state index contributed by atoms with van der Waals surface area (Å²) in [7, 11) is 0. The number of benzene rings is 2. The number of ether oxygens (including phenoxy) is 1. The number of hydrogen-bond acceptors (Lipinski definition) is 4. The van der Waals surface area contributed by atoms with E-state index in [9.17, 15) is 26.7 Å². The normalized spacial score (nSPS) is 15.4. The molecule has 0 radical (unpaired) electrons. The largest absolute Gasteiger partial charge is 0.457 e. The van der Waals surface area contributed by atoms with E-state index in [2.05, 4.69) is 4.99 Å². The van der Waals surface area contributed by atoms with Crippen LogP contribution in [0.1, 0.15) is 16.9 Å². The lowest BCUT2D eigenvalue weighted by Gasteiger charge is -2.07. The van der Waals surface area contributed by atoms with Crippen LogP contribution >= 0.6 is 11.6 Å². The summed E-state index contributed by atoms with van der Waals surface area (Å²) in [6.07, 6.45) is -3.31. The van der Waals surface area contributed by atoms with E-state index in [0.717, 1.165) is 24.3 Å². The van der Waals surface area contributed by atoms with Gasteiger partial charge in [-0.3, -0.25) is 0 Å². The van der Waals surface area contributed by atoms with E-state index in [1.807, 2.05) is 0 Å². The average molecular weight is 454 g/mol. The molecule has 1 aliphatic heterocycles. The van der Waals surface area contributed by atoms with E-state index in [-0.39, 0.29) is 39.3 Å². The molecule has 0 bridgehead atoms. The van der Waals surface area contributed by atoms with Crippen LogP contribution in [0.25, 0.3) is 17.4 Å². The molecule has 3 aromatic rings. The highest BCUT2D eigenvalue weighted by Crippen LogP contribution is 2.33. The summed E-state index contributed by atoms with van der Waals surface area (Å²) < 4.78 is 75.8. The molecule has 0 N–H and O–H groups in total. The second kappa shape index (κ2) is 7.66. The molecule has 1 aromatic heterocycles. The Morgan fingerprint density at radius 3 is 2.48 bits per heavy atom. The van der Waals surface area contributed by atoms with Gasteiger partial charge in [0.25, 0.3) is 0 Å². The number of alkyl halides is 3. The molecular formula is C21H9ClF5NO3. The number of hydrogen-bond donors (Lipinski definition) is 0. The smallest absolute Gasteiger partial charge is 0.416 e. The number of carbonyl (C=O) groups excluding carboxylic acids is 1. The Bertz CT molecular complexity index is 1260. The maximum absolute atomic E-state index is 13.5. The second-order valence-electron chi connectivity index (χ2n) is 6.36. The maximum atomic E-state index is 13.5. The van der Waals surface area contributed by atoms with E-state index in [0.29, 0.717) is 0 Å². The minimum absolute atomic E-state index is 0.112. The highest BCUT2D eigenvalue weighted by molar-refractivity contribution is 6.34. The van der Waals surface area contributed by atoms with Crippen LogP contribution in [0.5, 0.6) is 0 Å². The molecule has 0 unspecified atom stereocenters. The third-order valence-electron chi connectivity index (χ3n) is 4.24. The number of halogens is 6. The van der Waals surface area contributed by atoms with Gasteiger partial charge in [0, 0.05) is 11.6 Å². The zero-order valence-corrected chi connectivity index (χ0v) is 15.9. The van der Waals surface area contributed by atoms with Gasteiger partial charge in [-0.1, -0.05) is 23.7 Å². The number of carbonyl (C=O) groups is 1. The van der Waals surface area contributed by atoms with Crippen LogP contribution in [0.2, 0.25) is 5.02 Å². The van der Waals surface area contributed by atoms with Crippen molar-refractivity contribution >= 4 is 29.5 Å². The summed E-state index contributed by atoms with van der Waals surface area (Å²) in [5, 5.41) is -0.212. The first-order chi connectivity index (χ1) is 14.6. The zero-order valence-electron chi connectivity index (χ0n) is 15.1. The molecule has 158 valence electrons. The lowest BCUT2D eigenvalue weighted by atomic mass is 10.1. The van der Waals surface area contributed by atoms with Crippen molar-refractivity contribution in [3.05, 3.63) is 87.8 Å². The van der Waals surface area contributed by atoms with Crippen LogP contribution in [-0.2, 0) is 15.7 Å². The van der Waals surface area contributed by atoms with Crippen LogP contribution in [0.4, 0.5) is 22.0 Å². The highest BCUT2D eigenvalue weighted by Gasteiger charge is 2.31. The second-order valence-corrected chi connectivity index (χ2v) is 6.77. The molecule has 0 amide bonds. The first kappa shape index (κ1) is 20.8.